The molecule has 0 radical (unpaired) electrons. The van der Waals surface area contributed by atoms with Crippen molar-refractivity contribution in [3.8, 4) is 0 Å². The van der Waals surface area contributed by atoms with Crippen molar-refractivity contribution in [2.24, 2.45) is 40.2 Å². The van der Waals surface area contributed by atoms with Gasteiger partial charge in [-0.15, -0.1) is 0 Å². The highest BCUT2D eigenvalue weighted by Crippen LogP contribution is 2.68. The molecule has 0 amide bonds. The van der Waals surface area contributed by atoms with Crippen LogP contribution in [-0.4, -0.2) is 38.2 Å². The van der Waals surface area contributed by atoms with E-state index in [-0.39, 0.29) is 16.1 Å². The lowest BCUT2D eigenvalue weighted by Gasteiger charge is -2.65. The first-order chi connectivity index (χ1) is 13.2. The van der Waals surface area contributed by atoms with Gasteiger partial charge in [-0.25, -0.2) is 0 Å². The van der Waals surface area contributed by atoms with Gasteiger partial charge in [-0.3, -0.25) is 9.00 Å². The van der Waals surface area contributed by atoms with Gasteiger partial charge in [0.2, 0.25) is 0 Å². The molecule has 28 heavy (non-hydrogen) atoms. The molecular formula is C23H39NO3S. The fourth-order valence-corrected chi connectivity index (χ4v) is 9.67. The third-order valence-corrected chi connectivity index (χ3v) is 11.5. The van der Waals surface area contributed by atoms with Crippen molar-refractivity contribution in [3.05, 3.63) is 0 Å². The van der Waals surface area contributed by atoms with Gasteiger partial charge in [0.1, 0.15) is 5.78 Å². The van der Waals surface area contributed by atoms with Gasteiger partial charge in [0.25, 0.3) is 0 Å². The van der Waals surface area contributed by atoms with E-state index in [1.807, 2.05) is 0 Å². The van der Waals surface area contributed by atoms with Crippen molar-refractivity contribution in [2.75, 3.05) is 12.3 Å². The summed E-state index contributed by atoms with van der Waals surface area (Å²) >= 11 is 0. The second kappa shape index (κ2) is 7.16. The van der Waals surface area contributed by atoms with Crippen LogP contribution in [0, 0.1) is 34.5 Å². The first-order valence-electron chi connectivity index (χ1n) is 11.5. The summed E-state index contributed by atoms with van der Waals surface area (Å²) in [6.45, 7) is 7.42. The zero-order chi connectivity index (χ0) is 20.3. The van der Waals surface area contributed by atoms with Gasteiger partial charge >= 0.3 is 0 Å². The molecule has 0 aliphatic heterocycles. The highest BCUT2D eigenvalue weighted by molar-refractivity contribution is 7.85. The largest absolute Gasteiger partial charge is 0.389 e. The molecule has 4 saturated carbocycles. The van der Waals surface area contributed by atoms with Gasteiger partial charge in [0, 0.05) is 33.6 Å². The third-order valence-electron chi connectivity index (χ3n) is 9.71. The molecule has 0 aromatic rings. The second-order valence-electron chi connectivity index (χ2n) is 10.9. The minimum absolute atomic E-state index is 0.105. The van der Waals surface area contributed by atoms with Crippen LogP contribution in [0.5, 0.6) is 0 Å². The molecule has 4 aliphatic rings. The zero-order valence-corrected chi connectivity index (χ0v) is 18.7. The normalized spacial score (nSPS) is 51.9. The molecule has 4 aliphatic carbocycles. The van der Waals surface area contributed by atoms with Crippen LogP contribution >= 0.6 is 0 Å². The number of carbonyl (C=O) groups excluding carboxylic acids is 1. The zero-order valence-electron chi connectivity index (χ0n) is 17.9. The number of hydrogen-bond donors (Lipinski definition) is 2. The highest BCUT2D eigenvalue weighted by Gasteiger charge is 2.66. The summed E-state index contributed by atoms with van der Waals surface area (Å²) in [5, 5.41) is 12.0. The highest BCUT2D eigenvalue weighted by atomic mass is 32.2. The molecule has 0 bridgehead atoms. The summed E-state index contributed by atoms with van der Waals surface area (Å²) < 4.78 is 12.8. The molecule has 9 atom stereocenters. The number of rotatable bonds is 4. The number of aliphatic hydroxyl groups is 1. The Morgan fingerprint density at radius 3 is 2.61 bits per heavy atom. The first-order valence-corrected chi connectivity index (χ1v) is 12.9. The SMILES string of the molecule is C[C@@H]1C[C@@]2(O)C[C@@H](S(=O)CCCN)CC[C@]2(C)[C@H]2CC[C@]3(C)C(=O)CC[C@H]3[C@H]12. The Kier molecular flexibility index (Phi) is 5.37. The van der Waals surface area contributed by atoms with E-state index in [2.05, 4.69) is 20.8 Å². The molecule has 4 rings (SSSR count). The topological polar surface area (TPSA) is 80.4 Å². The van der Waals surface area contributed by atoms with Crippen LogP contribution < -0.4 is 5.73 Å². The van der Waals surface area contributed by atoms with Crippen molar-refractivity contribution in [2.45, 2.75) is 89.4 Å². The predicted molar refractivity (Wildman–Crippen MR) is 113 cm³/mol. The van der Waals surface area contributed by atoms with E-state index in [1.54, 1.807) is 0 Å². The maximum Gasteiger partial charge on any atom is 0.139 e. The van der Waals surface area contributed by atoms with Crippen LogP contribution in [0.4, 0.5) is 0 Å². The van der Waals surface area contributed by atoms with E-state index in [1.165, 1.54) is 0 Å². The molecule has 4 nitrogen and oxygen atoms in total. The monoisotopic (exact) mass is 409 g/mol. The summed E-state index contributed by atoms with van der Waals surface area (Å²) in [6, 6.07) is 0. The summed E-state index contributed by atoms with van der Waals surface area (Å²) in [4.78, 5) is 12.6. The molecule has 1 unspecified atom stereocenters. The van der Waals surface area contributed by atoms with Crippen molar-refractivity contribution in [1.29, 1.82) is 0 Å². The maximum absolute atomic E-state index is 12.8. The van der Waals surface area contributed by atoms with Crippen LogP contribution in [0.15, 0.2) is 0 Å². The van der Waals surface area contributed by atoms with Gasteiger partial charge in [0.05, 0.1) is 5.60 Å². The summed E-state index contributed by atoms with van der Waals surface area (Å²) in [7, 11) is -0.887. The van der Waals surface area contributed by atoms with Gasteiger partial charge in [0.15, 0.2) is 0 Å². The Hall–Kier alpha value is -0.260. The number of carbonyl (C=O) groups is 1. The average molecular weight is 410 g/mol. The molecule has 0 aromatic carbocycles. The molecule has 5 heteroatoms. The van der Waals surface area contributed by atoms with Crippen molar-refractivity contribution >= 4 is 16.6 Å². The third kappa shape index (κ3) is 2.90. The van der Waals surface area contributed by atoms with Crippen molar-refractivity contribution < 1.29 is 14.1 Å². The Morgan fingerprint density at radius 1 is 1.14 bits per heavy atom. The standard InChI is InChI=1S/C23H39NO3S/c1-15-13-23(26)14-16(28(27)12-4-11-24)7-10-22(23,3)18-8-9-21(2)17(20(15)18)5-6-19(21)25/h15-18,20,26H,4-14,24H2,1-3H3/t15-,16+,17+,18+,20+,21+,22-,23-,28?/m1/s1. The number of hydrogen-bond acceptors (Lipinski definition) is 4. The van der Waals surface area contributed by atoms with Crippen LogP contribution in [0.2, 0.25) is 0 Å². The predicted octanol–water partition coefficient (Wildman–Crippen LogP) is 3.43. The molecule has 3 N–H and O–H groups in total. The van der Waals surface area contributed by atoms with E-state index in [0.717, 1.165) is 51.4 Å². The van der Waals surface area contributed by atoms with Gasteiger partial charge in [-0.1, -0.05) is 20.8 Å². The van der Waals surface area contributed by atoms with Crippen LogP contribution in [0.25, 0.3) is 0 Å². The summed E-state index contributed by atoms with van der Waals surface area (Å²) in [5.41, 5.74) is 4.66. The minimum Gasteiger partial charge on any atom is -0.389 e. The van der Waals surface area contributed by atoms with Crippen LogP contribution in [0.3, 0.4) is 0 Å². The number of Topliss-reactive ketones (excluding diaryl/α,β-unsaturated/α-hetero) is 1. The Labute approximate surface area is 172 Å². The van der Waals surface area contributed by atoms with E-state index >= 15 is 0 Å². The minimum atomic E-state index is -0.887. The average Bonchev–Trinajstić information content (AvgIpc) is 2.95. The molecule has 0 heterocycles. The molecule has 4 fully saturated rings. The number of fused-ring (bicyclic) bond motifs is 5. The fraction of sp³-hybridized carbons (Fsp3) is 0.957. The molecule has 0 spiro atoms. The Bertz CT molecular complexity index is 668. The summed E-state index contributed by atoms with van der Waals surface area (Å²) in [6.07, 6.45) is 8.04. The van der Waals surface area contributed by atoms with Gasteiger partial charge in [-0.2, -0.15) is 0 Å². The molecule has 160 valence electrons. The van der Waals surface area contributed by atoms with E-state index in [4.69, 9.17) is 5.73 Å². The quantitative estimate of drug-likeness (QED) is 0.745. The summed E-state index contributed by atoms with van der Waals surface area (Å²) in [5.74, 6) is 3.10. The van der Waals surface area contributed by atoms with E-state index in [9.17, 15) is 14.1 Å². The van der Waals surface area contributed by atoms with E-state index < -0.39 is 16.4 Å². The maximum atomic E-state index is 12.8. The lowest BCUT2D eigenvalue weighted by molar-refractivity contribution is -0.217. The van der Waals surface area contributed by atoms with Crippen molar-refractivity contribution in [3.63, 3.8) is 0 Å². The molecule has 0 aromatic heterocycles. The number of nitrogens with two attached hydrogens (primary N) is 1. The van der Waals surface area contributed by atoms with Gasteiger partial charge in [-0.05, 0) is 87.0 Å². The number of ketones is 1. The first kappa shape index (κ1) is 21.0. The Morgan fingerprint density at radius 2 is 1.89 bits per heavy atom. The smallest absolute Gasteiger partial charge is 0.139 e. The lowest BCUT2D eigenvalue weighted by atomic mass is 9.42. The van der Waals surface area contributed by atoms with E-state index in [0.29, 0.717) is 48.2 Å². The molecular weight excluding hydrogens is 370 g/mol. The Balaban J connectivity index is 1.59. The van der Waals surface area contributed by atoms with Gasteiger partial charge < -0.3 is 10.8 Å². The van der Waals surface area contributed by atoms with Crippen LogP contribution in [-0.2, 0) is 15.6 Å². The molecule has 0 saturated heterocycles. The second-order valence-corrected chi connectivity index (χ2v) is 12.8. The fourth-order valence-electron chi connectivity index (χ4n) is 8.04. The van der Waals surface area contributed by atoms with Crippen LogP contribution in [0.1, 0.15) is 78.6 Å². The van der Waals surface area contributed by atoms with Crippen molar-refractivity contribution in [1.82, 2.24) is 0 Å². The lowest BCUT2D eigenvalue weighted by Crippen LogP contribution is -2.65.